The van der Waals surface area contributed by atoms with Crippen LogP contribution in [0.2, 0.25) is 5.02 Å². The zero-order chi connectivity index (χ0) is 25.2. The van der Waals surface area contributed by atoms with E-state index in [0.717, 1.165) is 18.0 Å². The minimum absolute atomic E-state index is 0.329. The molecule has 0 aliphatic carbocycles. The predicted octanol–water partition coefficient (Wildman–Crippen LogP) is 2.48. The Bertz CT molecular complexity index is 1040. The van der Waals surface area contributed by atoms with Crippen LogP contribution in [0.15, 0.2) is 41.7 Å². The molecule has 0 saturated carbocycles. The highest BCUT2D eigenvalue weighted by atomic mass is 35.5. The van der Waals surface area contributed by atoms with E-state index in [1.54, 1.807) is 6.07 Å². The number of nitrogens with zero attached hydrogens (tertiary/aromatic N) is 1. The molecule has 1 saturated heterocycles. The summed E-state index contributed by atoms with van der Waals surface area (Å²) in [6, 6.07) is 1.20. The summed E-state index contributed by atoms with van der Waals surface area (Å²) >= 11 is 6.91. The first-order valence-corrected chi connectivity index (χ1v) is 10.9. The number of halogens is 6. The predicted molar refractivity (Wildman–Crippen MR) is 113 cm³/mol. The summed E-state index contributed by atoms with van der Waals surface area (Å²) in [5.74, 6) is -3.70. The van der Waals surface area contributed by atoms with E-state index in [0.29, 0.717) is 22.1 Å². The van der Waals surface area contributed by atoms with Gasteiger partial charge in [-0.15, -0.1) is 0 Å². The first kappa shape index (κ1) is 26.4. The second kappa shape index (κ2) is 10.6. The maximum Gasteiger partial charge on any atom is 0.422 e. The van der Waals surface area contributed by atoms with Crippen molar-refractivity contribution in [3.63, 3.8) is 0 Å². The van der Waals surface area contributed by atoms with Gasteiger partial charge in [0, 0.05) is 29.1 Å². The normalized spacial score (nSPS) is 25.9. The average molecular weight is 528 g/mol. The van der Waals surface area contributed by atoms with Crippen molar-refractivity contribution in [2.75, 3.05) is 6.61 Å². The molecule has 5 atom stereocenters. The van der Waals surface area contributed by atoms with Gasteiger partial charge in [0.05, 0.1) is 23.4 Å². The number of nitrogens with one attached hydrogen (secondary N) is 1. The van der Waals surface area contributed by atoms with Gasteiger partial charge in [-0.3, -0.25) is 4.98 Å². The van der Waals surface area contributed by atoms with Crippen LogP contribution in [-0.2, 0) is 10.9 Å². The van der Waals surface area contributed by atoms with E-state index in [-0.39, 0.29) is 5.70 Å². The number of hydrogen-bond donors (Lipinski definition) is 5. The molecule has 1 fully saturated rings. The first-order valence-electron chi connectivity index (χ1n) is 9.60. The minimum Gasteiger partial charge on any atom is -0.397 e. The number of nitrogens with two attached hydrogens (primary N) is 1. The fourth-order valence-corrected chi connectivity index (χ4v) is 4.58. The van der Waals surface area contributed by atoms with Crippen molar-refractivity contribution in [2.24, 2.45) is 5.73 Å². The van der Waals surface area contributed by atoms with Gasteiger partial charge in [-0.05, 0) is 18.2 Å². The highest BCUT2D eigenvalue weighted by molar-refractivity contribution is 7.99. The van der Waals surface area contributed by atoms with Gasteiger partial charge in [0.25, 0.3) is 0 Å². The molecule has 1 aliphatic rings. The van der Waals surface area contributed by atoms with Crippen LogP contribution in [0.4, 0.5) is 22.0 Å². The van der Waals surface area contributed by atoms with Crippen molar-refractivity contribution >= 4 is 29.1 Å². The van der Waals surface area contributed by atoms with Crippen LogP contribution >= 0.6 is 23.4 Å². The van der Waals surface area contributed by atoms with E-state index in [2.05, 4.69) is 10.3 Å². The summed E-state index contributed by atoms with van der Waals surface area (Å²) < 4.78 is 71.6. The molecule has 1 aromatic heterocycles. The molecule has 0 amide bonds. The van der Waals surface area contributed by atoms with Crippen molar-refractivity contribution in [3.8, 4) is 0 Å². The lowest BCUT2D eigenvalue weighted by atomic mass is 9.97. The zero-order valence-corrected chi connectivity index (χ0v) is 18.6. The Morgan fingerprint density at radius 2 is 1.82 bits per heavy atom. The molecule has 1 aliphatic heterocycles. The van der Waals surface area contributed by atoms with Gasteiger partial charge in [-0.25, -0.2) is 8.78 Å². The SMILES string of the molecule is N/C(=C\NC1C(O)C(CO)OC(Sc2cncc(Cl)c2)C1O)c1cc(F)c(C(F)(F)F)c(F)c1. The highest BCUT2D eigenvalue weighted by Crippen LogP contribution is 2.35. The summed E-state index contributed by atoms with van der Waals surface area (Å²) in [4.78, 5) is 4.44. The van der Waals surface area contributed by atoms with Crippen LogP contribution in [0.3, 0.4) is 0 Å². The summed E-state index contributed by atoms with van der Waals surface area (Å²) in [5.41, 5.74) is 1.93. The number of alkyl halides is 3. The quantitative estimate of drug-likeness (QED) is 0.363. The smallest absolute Gasteiger partial charge is 0.397 e. The van der Waals surface area contributed by atoms with Crippen LogP contribution in [0.25, 0.3) is 5.70 Å². The molecule has 0 bridgehead atoms. The van der Waals surface area contributed by atoms with Gasteiger partial charge < -0.3 is 31.1 Å². The molecule has 2 heterocycles. The van der Waals surface area contributed by atoms with Crippen LogP contribution in [0.5, 0.6) is 0 Å². The standard InChI is InChI=1S/C20H19ClF5N3O4S/c21-9-3-10(5-28-4-9)34-19-18(32)16(17(31)14(7-30)33-19)29-6-13(27)8-1-11(22)15(12(23)2-8)20(24,25)26/h1-6,14,16-19,29-32H,7,27H2/b13-6-. The number of pyridine rings is 1. The van der Waals surface area contributed by atoms with Gasteiger partial charge in [0.2, 0.25) is 0 Å². The Morgan fingerprint density at radius 3 is 2.38 bits per heavy atom. The molecule has 2 aromatic rings. The summed E-state index contributed by atoms with van der Waals surface area (Å²) in [7, 11) is 0. The average Bonchev–Trinajstić information content (AvgIpc) is 2.74. The largest absolute Gasteiger partial charge is 0.422 e. The fraction of sp³-hybridized carbons (Fsp3) is 0.350. The maximum absolute atomic E-state index is 13.9. The van der Waals surface area contributed by atoms with Crippen molar-refractivity contribution in [1.29, 1.82) is 0 Å². The number of benzene rings is 1. The molecule has 34 heavy (non-hydrogen) atoms. The molecule has 0 spiro atoms. The third kappa shape index (κ3) is 5.90. The van der Waals surface area contributed by atoms with E-state index in [9.17, 15) is 37.3 Å². The van der Waals surface area contributed by atoms with Gasteiger partial charge in [0.15, 0.2) is 0 Å². The Balaban J connectivity index is 1.82. The minimum atomic E-state index is -5.23. The Labute approximate surface area is 199 Å². The monoisotopic (exact) mass is 527 g/mol. The molecule has 14 heteroatoms. The molecule has 6 N–H and O–H groups in total. The Morgan fingerprint density at radius 1 is 1.18 bits per heavy atom. The lowest BCUT2D eigenvalue weighted by Crippen LogP contribution is -2.62. The van der Waals surface area contributed by atoms with E-state index < -0.39 is 65.3 Å². The molecule has 0 radical (unpaired) electrons. The third-order valence-electron chi connectivity index (χ3n) is 4.91. The van der Waals surface area contributed by atoms with Crippen molar-refractivity contribution < 1.29 is 42.0 Å². The van der Waals surface area contributed by atoms with E-state index in [4.69, 9.17) is 22.1 Å². The lowest BCUT2D eigenvalue weighted by molar-refractivity contribution is -0.164. The topological polar surface area (TPSA) is 121 Å². The molecular formula is C20H19ClF5N3O4S. The van der Waals surface area contributed by atoms with Crippen molar-refractivity contribution in [2.45, 2.75) is 40.9 Å². The molecule has 5 unspecified atom stereocenters. The van der Waals surface area contributed by atoms with Crippen molar-refractivity contribution in [1.82, 2.24) is 10.3 Å². The molecule has 1 aromatic carbocycles. The number of aliphatic hydroxyl groups excluding tert-OH is 3. The summed E-state index contributed by atoms with van der Waals surface area (Å²) in [5, 5.41) is 33.7. The maximum atomic E-state index is 13.9. The molecule has 7 nitrogen and oxygen atoms in total. The first-order chi connectivity index (χ1) is 15.9. The van der Waals surface area contributed by atoms with Crippen LogP contribution in [-0.4, -0.2) is 56.7 Å². The van der Waals surface area contributed by atoms with Crippen molar-refractivity contribution in [3.05, 3.63) is 64.6 Å². The van der Waals surface area contributed by atoms with E-state index in [1.165, 1.54) is 12.4 Å². The van der Waals surface area contributed by atoms with E-state index in [1.807, 2.05) is 0 Å². The molecule has 3 rings (SSSR count). The third-order valence-corrected chi connectivity index (χ3v) is 6.23. The fourth-order valence-electron chi connectivity index (χ4n) is 3.25. The van der Waals surface area contributed by atoms with Crippen LogP contribution < -0.4 is 11.1 Å². The number of aliphatic hydroxyl groups is 3. The number of ether oxygens (including phenoxy) is 1. The summed E-state index contributed by atoms with van der Waals surface area (Å²) in [6.45, 7) is -0.606. The Hall–Kier alpha value is -2.16. The number of hydrogen-bond acceptors (Lipinski definition) is 8. The van der Waals surface area contributed by atoms with Gasteiger partial charge in [-0.2, -0.15) is 13.2 Å². The second-order valence-corrected chi connectivity index (χ2v) is 8.88. The number of aromatic nitrogens is 1. The van der Waals surface area contributed by atoms with Gasteiger partial charge >= 0.3 is 6.18 Å². The lowest BCUT2D eigenvalue weighted by Gasteiger charge is -2.42. The second-order valence-electron chi connectivity index (χ2n) is 7.27. The molecule has 186 valence electrons. The van der Waals surface area contributed by atoms with Crippen LogP contribution in [0.1, 0.15) is 11.1 Å². The van der Waals surface area contributed by atoms with E-state index >= 15 is 0 Å². The van der Waals surface area contributed by atoms with Gasteiger partial charge in [-0.1, -0.05) is 23.4 Å². The van der Waals surface area contributed by atoms with Crippen LogP contribution in [0, 0.1) is 11.6 Å². The highest BCUT2D eigenvalue weighted by Gasteiger charge is 2.44. The Kier molecular flexibility index (Phi) is 8.26. The molecular weight excluding hydrogens is 509 g/mol. The van der Waals surface area contributed by atoms with Gasteiger partial charge in [0.1, 0.15) is 40.9 Å². The zero-order valence-electron chi connectivity index (χ0n) is 17.0. The summed E-state index contributed by atoms with van der Waals surface area (Å²) in [6.07, 6.45) is -5.37. The number of rotatable bonds is 6. The number of thioether (sulfide) groups is 1.